The molecule has 0 radical (unpaired) electrons. The maximum Gasteiger partial charge on any atom is 0.322 e. The van der Waals surface area contributed by atoms with E-state index in [1.807, 2.05) is 0 Å². The van der Waals surface area contributed by atoms with E-state index >= 15 is 0 Å². The Labute approximate surface area is 142 Å². The van der Waals surface area contributed by atoms with E-state index in [4.69, 9.17) is 5.26 Å². The SMILES string of the molecule is N#Cc1ccc(NC(=O)N2CCCC2c2cc(F)ccc2F)cc1F. The molecule has 2 aromatic carbocycles. The van der Waals surface area contributed by atoms with Crippen LogP contribution in [-0.4, -0.2) is 17.5 Å². The predicted octanol–water partition coefficient (Wildman–Crippen LogP) is 4.34. The lowest BCUT2D eigenvalue weighted by Gasteiger charge is -2.25. The summed E-state index contributed by atoms with van der Waals surface area (Å²) < 4.78 is 41.1. The van der Waals surface area contributed by atoms with Gasteiger partial charge in [0, 0.05) is 17.8 Å². The fourth-order valence-corrected chi connectivity index (χ4v) is 2.98. The second kappa shape index (κ2) is 6.85. The zero-order chi connectivity index (χ0) is 18.0. The van der Waals surface area contributed by atoms with Gasteiger partial charge in [-0.2, -0.15) is 5.26 Å². The van der Waals surface area contributed by atoms with Crippen LogP contribution in [-0.2, 0) is 0 Å². The van der Waals surface area contributed by atoms with E-state index in [1.165, 1.54) is 17.0 Å². The Bertz CT molecular complexity index is 863. The van der Waals surface area contributed by atoms with Gasteiger partial charge in [-0.05, 0) is 49.2 Å². The van der Waals surface area contributed by atoms with Crippen LogP contribution in [0.3, 0.4) is 0 Å². The monoisotopic (exact) mass is 345 g/mol. The van der Waals surface area contributed by atoms with E-state index in [2.05, 4.69) is 5.32 Å². The van der Waals surface area contributed by atoms with Gasteiger partial charge in [-0.25, -0.2) is 18.0 Å². The minimum atomic E-state index is -0.741. The molecule has 0 bridgehead atoms. The first-order chi connectivity index (χ1) is 12.0. The van der Waals surface area contributed by atoms with E-state index in [9.17, 15) is 18.0 Å². The van der Waals surface area contributed by atoms with E-state index < -0.39 is 29.5 Å². The van der Waals surface area contributed by atoms with Gasteiger partial charge in [0.05, 0.1) is 11.6 Å². The average Bonchev–Trinajstić information content (AvgIpc) is 3.07. The van der Waals surface area contributed by atoms with Gasteiger partial charge in [0.15, 0.2) is 0 Å². The van der Waals surface area contributed by atoms with Crippen molar-refractivity contribution in [2.45, 2.75) is 18.9 Å². The molecule has 0 aromatic heterocycles. The summed E-state index contributed by atoms with van der Waals surface area (Å²) in [5, 5.41) is 11.3. The maximum absolute atomic E-state index is 14.0. The second-order valence-corrected chi connectivity index (χ2v) is 5.75. The van der Waals surface area contributed by atoms with Crippen LogP contribution < -0.4 is 5.32 Å². The molecule has 1 unspecified atom stereocenters. The Morgan fingerprint density at radius 1 is 1.16 bits per heavy atom. The highest BCUT2D eigenvalue weighted by molar-refractivity contribution is 5.89. The van der Waals surface area contributed by atoms with Gasteiger partial charge in [-0.15, -0.1) is 0 Å². The van der Waals surface area contributed by atoms with Gasteiger partial charge in [0.2, 0.25) is 0 Å². The number of halogens is 3. The van der Waals surface area contributed by atoms with Crippen molar-refractivity contribution in [3.8, 4) is 6.07 Å². The first-order valence-corrected chi connectivity index (χ1v) is 7.72. The van der Waals surface area contributed by atoms with Gasteiger partial charge in [0.1, 0.15) is 23.5 Å². The van der Waals surface area contributed by atoms with E-state index in [-0.39, 0.29) is 16.8 Å². The molecule has 2 aromatic rings. The summed E-state index contributed by atoms with van der Waals surface area (Å²) in [6.07, 6.45) is 1.16. The lowest BCUT2D eigenvalue weighted by atomic mass is 10.0. The molecule has 0 spiro atoms. The highest BCUT2D eigenvalue weighted by atomic mass is 19.1. The van der Waals surface area contributed by atoms with Crippen LogP contribution in [0.4, 0.5) is 23.7 Å². The van der Waals surface area contributed by atoms with Crippen molar-refractivity contribution in [2.24, 2.45) is 0 Å². The lowest BCUT2D eigenvalue weighted by Crippen LogP contribution is -2.34. The third kappa shape index (κ3) is 3.43. The number of hydrogen-bond donors (Lipinski definition) is 1. The Balaban J connectivity index is 1.80. The molecule has 7 heteroatoms. The fourth-order valence-electron chi connectivity index (χ4n) is 2.98. The van der Waals surface area contributed by atoms with Crippen molar-refractivity contribution in [1.82, 2.24) is 4.90 Å². The number of carbonyl (C=O) groups is 1. The molecule has 4 nitrogen and oxygen atoms in total. The van der Waals surface area contributed by atoms with Crippen molar-refractivity contribution in [3.05, 3.63) is 65.0 Å². The molecule has 1 aliphatic rings. The molecule has 0 saturated carbocycles. The third-order valence-corrected chi connectivity index (χ3v) is 4.17. The minimum absolute atomic E-state index is 0.124. The Morgan fingerprint density at radius 2 is 1.96 bits per heavy atom. The average molecular weight is 345 g/mol. The molecule has 3 rings (SSSR count). The quantitative estimate of drug-likeness (QED) is 0.880. The van der Waals surface area contributed by atoms with E-state index in [1.54, 1.807) is 6.07 Å². The topological polar surface area (TPSA) is 56.1 Å². The van der Waals surface area contributed by atoms with Crippen molar-refractivity contribution < 1.29 is 18.0 Å². The normalized spacial score (nSPS) is 16.6. The summed E-state index contributed by atoms with van der Waals surface area (Å²) in [7, 11) is 0. The molecule has 2 amide bonds. The Kier molecular flexibility index (Phi) is 4.61. The predicted molar refractivity (Wildman–Crippen MR) is 85.2 cm³/mol. The molecule has 25 heavy (non-hydrogen) atoms. The number of hydrogen-bond acceptors (Lipinski definition) is 2. The molecule has 1 fully saturated rings. The molecule has 128 valence electrons. The van der Waals surface area contributed by atoms with Gasteiger partial charge in [-0.3, -0.25) is 0 Å². The highest BCUT2D eigenvalue weighted by Crippen LogP contribution is 2.34. The zero-order valence-corrected chi connectivity index (χ0v) is 13.1. The number of nitrogens with zero attached hydrogens (tertiary/aromatic N) is 2. The van der Waals surface area contributed by atoms with Crippen molar-refractivity contribution in [2.75, 3.05) is 11.9 Å². The number of anilines is 1. The molecule has 1 aliphatic heterocycles. The van der Waals surface area contributed by atoms with Crippen LogP contribution >= 0.6 is 0 Å². The molecule has 1 N–H and O–H groups in total. The smallest absolute Gasteiger partial charge is 0.317 e. The van der Waals surface area contributed by atoms with Crippen LogP contribution in [0.2, 0.25) is 0 Å². The van der Waals surface area contributed by atoms with E-state index in [0.29, 0.717) is 19.4 Å². The lowest BCUT2D eigenvalue weighted by molar-refractivity contribution is 0.206. The Morgan fingerprint density at radius 3 is 2.68 bits per heavy atom. The summed E-state index contributed by atoms with van der Waals surface area (Å²) in [6, 6.07) is 7.45. The number of amides is 2. The minimum Gasteiger partial charge on any atom is -0.317 e. The largest absolute Gasteiger partial charge is 0.322 e. The van der Waals surface area contributed by atoms with Gasteiger partial charge < -0.3 is 10.2 Å². The van der Waals surface area contributed by atoms with Crippen molar-refractivity contribution in [1.29, 1.82) is 5.26 Å². The number of benzene rings is 2. The summed E-state index contributed by atoms with van der Waals surface area (Å²) in [5.74, 6) is -1.89. The second-order valence-electron chi connectivity index (χ2n) is 5.75. The number of rotatable bonds is 2. The highest BCUT2D eigenvalue weighted by Gasteiger charge is 2.32. The number of nitrogens with one attached hydrogen (secondary N) is 1. The summed E-state index contributed by atoms with van der Waals surface area (Å²) in [4.78, 5) is 13.9. The standard InChI is InChI=1S/C18H14F3N3O/c19-12-4-6-15(20)14(8-12)17-2-1-7-24(17)18(25)23-13-5-3-11(10-22)16(21)9-13/h3-6,8-9,17H,1-2,7H2,(H,23,25). The summed E-state index contributed by atoms with van der Waals surface area (Å²) in [5.41, 5.74) is 0.185. The van der Waals surface area contributed by atoms with Crippen LogP contribution in [0.15, 0.2) is 36.4 Å². The summed E-state index contributed by atoms with van der Waals surface area (Å²) in [6.45, 7) is 0.380. The first kappa shape index (κ1) is 16.8. The number of likely N-dealkylation sites (tertiary alicyclic amines) is 1. The van der Waals surface area contributed by atoms with Crippen molar-refractivity contribution >= 4 is 11.7 Å². The Hall–Kier alpha value is -3.01. The van der Waals surface area contributed by atoms with Gasteiger partial charge in [0.25, 0.3) is 0 Å². The van der Waals surface area contributed by atoms with Gasteiger partial charge >= 0.3 is 6.03 Å². The fraction of sp³-hybridized carbons (Fsp3) is 0.222. The number of carbonyl (C=O) groups excluding carboxylic acids is 1. The third-order valence-electron chi connectivity index (χ3n) is 4.17. The maximum atomic E-state index is 14.0. The molecule has 0 aliphatic carbocycles. The number of nitriles is 1. The van der Waals surface area contributed by atoms with Crippen LogP contribution in [0.25, 0.3) is 0 Å². The van der Waals surface area contributed by atoms with Gasteiger partial charge in [-0.1, -0.05) is 0 Å². The summed E-state index contributed by atoms with van der Waals surface area (Å²) >= 11 is 0. The zero-order valence-electron chi connectivity index (χ0n) is 13.1. The molecule has 1 saturated heterocycles. The van der Waals surface area contributed by atoms with Crippen molar-refractivity contribution in [3.63, 3.8) is 0 Å². The number of urea groups is 1. The first-order valence-electron chi connectivity index (χ1n) is 7.72. The molecular formula is C18H14F3N3O. The molecular weight excluding hydrogens is 331 g/mol. The van der Waals surface area contributed by atoms with Crippen LogP contribution in [0.1, 0.15) is 30.0 Å². The molecule has 1 atom stereocenters. The molecule has 1 heterocycles. The van der Waals surface area contributed by atoms with Crippen LogP contribution in [0.5, 0.6) is 0 Å². The van der Waals surface area contributed by atoms with Crippen LogP contribution in [0, 0.1) is 28.8 Å². The van der Waals surface area contributed by atoms with E-state index in [0.717, 1.165) is 24.3 Å².